The molecule has 15 heavy (non-hydrogen) atoms. The second-order valence-corrected chi connectivity index (χ2v) is 3.24. The van der Waals surface area contributed by atoms with Gasteiger partial charge in [0.1, 0.15) is 0 Å². The highest BCUT2D eigenvalue weighted by Gasteiger charge is 2.26. The van der Waals surface area contributed by atoms with Crippen LogP contribution in [-0.4, -0.2) is 29.6 Å². The molecule has 9 nitrogen and oxygen atoms in total. The molecule has 0 aliphatic carbocycles. The first-order valence-electron chi connectivity index (χ1n) is 3.21. The Morgan fingerprint density at radius 2 is 1.67 bits per heavy atom. The third-order valence-corrected chi connectivity index (χ3v) is 1.75. The van der Waals surface area contributed by atoms with Gasteiger partial charge < -0.3 is 17.8 Å². The molecule has 1 aliphatic rings. The molecule has 0 saturated carbocycles. The van der Waals surface area contributed by atoms with Crippen LogP contribution in [0.15, 0.2) is 11.7 Å². The first kappa shape index (κ1) is 11.6. The molecule has 86 valence electrons. The number of hydrogen-bond acceptors (Lipinski definition) is 9. The zero-order valence-electron chi connectivity index (χ0n) is 6.78. The van der Waals surface area contributed by atoms with Crippen molar-refractivity contribution in [3.8, 4) is 0 Å². The van der Waals surface area contributed by atoms with E-state index in [9.17, 15) is 21.6 Å². The van der Waals surface area contributed by atoms with E-state index in [0.717, 1.165) is 0 Å². The van der Waals surface area contributed by atoms with Gasteiger partial charge in [-0.2, -0.15) is 16.8 Å². The number of cyclic esters (lactones) is 2. The molecule has 0 unspecified atom stereocenters. The molecule has 0 spiro atoms. The van der Waals surface area contributed by atoms with Gasteiger partial charge in [-0.05, 0) is 0 Å². The van der Waals surface area contributed by atoms with Crippen molar-refractivity contribution in [2.75, 3.05) is 6.61 Å². The molecule has 11 heteroatoms. The second kappa shape index (κ2) is 4.84. The maximum Gasteiger partial charge on any atom is 0.516 e. The van der Waals surface area contributed by atoms with Crippen LogP contribution in [-0.2, 0) is 39.8 Å². The van der Waals surface area contributed by atoms with Crippen LogP contribution in [0.2, 0.25) is 0 Å². The van der Waals surface area contributed by atoms with Crippen LogP contribution < -0.4 is 0 Å². The summed E-state index contributed by atoms with van der Waals surface area (Å²) in [4.78, 5) is 10.5. The Bertz CT molecular complexity index is 425. The molecule has 1 rings (SSSR count). The van der Waals surface area contributed by atoms with Gasteiger partial charge in [-0.15, -0.1) is 0 Å². The lowest BCUT2D eigenvalue weighted by molar-refractivity contribution is 0.0212. The fourth-order valence-electron chi connectivity index (χ4n) is 0.636. The number of thiol groups is 2. The van der Waals surface area contributed by atoms with Gasteiger partial charge in [-0.1, -0.05) is 0 Å². The number of carbonyl (C=O) groups is 1. The number of hydrogen-bond donors (Lipinski definition) is 2. The third kappa shape index (κ3) is 3.63. The van der Waals surface area contributed by atoms with Crippen molar-refractivity contribution >= 4 is 28.1 Å². The fraction of sp³-hybridized carbons (Fsp3) is 0.250. The summed E-state index contributed by atoms with van der Waals surface area (Å²) in [6.07, 6.45) is -1.23. The van der Waals surface area contributed by atoms with Crippen LogP contribution in [0, 0.1) is 0 Å². The topological polar surface area (TPSA) is 122 Å². The van der Waals surface area contributed by atoms with E-state index in [4.69, 9.17) is 0 Å². The predicted molar refractivity (Wildman–Crippen MR) is 42.3 cm³/mol. The molecule has 0 amide bonds. The first-order chi connectivity index (χ1) is 6.99. The van der Waals surface area contributed by atoms with E-state index in [2.05, 4.69) is 17.8 Å². The first-order valence-corrected chi connectivity index (χ1v) is 5.40. The Hall–Kier alpha value is -1.49. The highest BCUT2D eigenvalue weighted by atomic mass is 32.2. The molecule has 0 aromatic heterocycles. The average molecular weight is 260 g/mol. The van der Waals surface area contributed by atoms with E-state index in [-0.39, 0.29) is 0 Å². The molecule has 1 heterocycles. The Morgan fingerprint density at radius 3 is 2.20 bits per heavy atom. The highest BCUT2D eigenvalue weighted by molar-refractivity contribution is 7.67. The Kier molecular flexibility index (Phi) is 3.74. The van der Waals surface area contributed by atoms with Crippen LogP contribution >= 0.6 is 0 Å². The van der Waals surface area contributed by atoms with Crippen molar-refractivity contribution in [1.29, 1.82) is 0 Å². The zero-order chi connectivity index (χ0) is 11.4. The summed E-state index contributed by atoms with van der Waals surface area (Å²) < 4.78 is 57.0. The minimum atomic E-state index is -3.36. The van der Waals surface area contributed by atoms with Gasteiger partial charge in [0.05, 0.1) is 0 Å². The number of carbonyl (C=O) groups excluding carboxylic acids is 1. The van der Waals surface area contributed by atoms with Gasteiger partial charge in [0.25, 0.3) is 11.0 Å². The standard InChI is InChI=1S/C4H4O9S2/c5-4-10-1-2(12-14(6)7)3(11-4)13-15(8)9/h14-15H,1H2. The smallest absolute Gasteiger partial charge is 0.425 e. The molecule has 0 bridgehead atoms. The summed E-state index contributed by atoms with van der Waals surface area (Å²) in [5.41, 5.74) is 0. The maximum absolute atomic E-state index is 10.5. The Morgan fingerprint density at radius 1 is 1.07 bits per heavy atom. The molecule has 0 saturated heterocycles. The van der Waals surface area contributed by atoms with Gasteiger partial charge in [0.2, 0.25) is 5.76 Å². The fourth-order valence-corrected chi connectivity index (χ4v) is 1.22. The third-order valence-electron chi connectivity index (χ3n) is 1.07. The average Bonchev–Trinajstić information content (AvgIpc) is 2.08. The quantitative estimate of drug-likeness (QED) is 0.454. The van der Waals surface area contributed by atoms with Crippen LogP contribution in [0.4, 0.5) is 4.79 Å². The molecule has 0 aromatic carbocycles. The predicted octanol–water partition coefficient (Wildman–Crippen LogP) is -1.59. The van der Waals surface area contributed by atoms with Crippen molar-refractivity contribution in [1.82, 2.24) is 0 Å². The van der Waals surface area contributed by atoms with Crippen molar-refractivity contribution in [3.05, 3.63) is 11.7 Å². The number of ether oxygens (including phenoxy) is 2. The SMILES string of the molecule is O=C1OCC(O[SH](=O)=O)=C(O[SH](=O)=O)O1. The largest absolute Gasteiger partial charge is 0.516 e. The van der Waals surface area contributed by atoms with Crippen molar-refractivity contribution in [2.24, 2.45) is 0 Å². The van der Waals surface area contributed by atoms with E-state index in [1.165, 1.54) is 0 Å². The molecule has 0 radical (unpaired) electrons. The molecular formula is C4H4O9S2. The van der Waals surface area contributed by atoms with Gasteiger partial charge in [-0.25, -0.2) is 4.79 Å². The van der Waals surface area contributed by atoms with Crippen molar-refractivity contribution in [3.63, 3.8) is 0 Å². The summed E-state index contributed by atoms with van der Waals surface area (Å²) in [6, 6.07) is 0. The van der Waals surface area contributed by atoms with Crippen molar-refractivity contribution < 1.29 is 39.5 Å². The van der Waals surface area contributed by atoms with E-state index in [1.807, 2.05) is 0 Å². The minimum absolute atomic E-state index is 0.565. The summed E-state index contributed by atoms with van der Waals surface area (Å²) in [5, 5.41) is 0. The molecule has 0 atom stereocenters. The highest BCUT2D eigenvalue weighted by Crippen LogP contribution is 2.17. The molecular weight excluding hydrogens is 256 g/mol. The molecule has 1 aliphatic heterocycles. The lowest BCUT2D eigenvalue weighted by atomic mass is 10.5. The Labute approximate surface area is 86.5 Å². The normalized spacial score (nSPS) is 16.3. The van der Waals surface area contributed by atoms with Crippen LogP contribution in [0.3, 0.4) is 0 Å². The van der Waals surface area contributed by atoms with Crippen LogP contribution in [0.1, 0.15) is 0 Å². The lowest BCUT2D eigenvalue weighted by Gasteiger charge is -2.14. The minimum Gasteiger partial charge on any atom is -0.425 e. The van der Waals surface area contributed by atoms with Crippen molar-refractivity contribution in [2.45, 2.75) is 0 Å². The van der Waals surface area contributed by atoms with E-state index >= 15 is 0 Å². The summed E-state index contributed by atoms with van der Waals surface area (Å²) >= 11 is 0. The second-order valence-electron chi connectivity index (χ2n) is 1.98. The molecule has 0 N–H and O–H groups in total. The monoisotopic (exact) mass is 260 g/mol. The van der Waals surface area contributed by atoms with E-state index < -0.39 is 46.4 Å². The Balaban J connectivity index is 2.94. The van der Waals surface area contributed by atoms with E-state index in [1.54, 1.807) is 0 Å². The number of rotatable bonds is 4. The van der Waals surface area contributed by atoms with Gasteiger partial charge in [0.15, 0.2) is 6.61 Å². The van der Waals surface area contributed by atoms with E-state index in [0.29, 0.717) is 0 Å². The van der Waals surface area contributed by atoms with Gasteiger partial charge >= 0.3 is 23.1 Å². The zero-order valence-corrected chi connectivity index (χ0v) is 8.56. The van der Waals surface area contributed by atoms with Gasteiger partial charge in [-0.3, -0.25) is 0 Å². The molecule has 0 aromatic rings. The molecule has 0 fully saturated rings. The lowest BCUT2D eigenvalue weighted by Crippen LogP contribution is -2.21. The summed E-state index contributed by atoms with van der Waals surface area (Å²) in [5.74, 6) is -1.44. The summed E-state index contributed by atoms with van der Waals surface area (Å²) in [7, 11) is -6.66. The maximum atomic E-state index is 10.5. The van der Waals surface area contributed by atoms with Gasteiger partial charge in [0, 0.05) is 0 Å². The van der Waals surface area contributed by atoms with Crippen LogP contribution in [0.5, 0.6) is 0 Å². The van der Waals surface area contributed by atoms with Crippen LogP contribution in [0.25, 0.3) is 0 Å². The summed E-state index contributed by atoms with van der Waals surface area (Å²) in [6.45, 7) is -0.597.